The van der Waals surface area contributed by atoms with E-state index in [2.05, 4.69) is 43.2 Å². The molecule has 0 bridgehead atoms. The Balaban J connectivity index is 2.12. The highest BCUT2D eigenvalue weighted by Gasteiger charge is 2.15. The van der Waals surface area contributed by atoms with Gasteiger partial charge in [-0.1, -0.05) is 38.1 Å². The Morgan fingerprint density at radius 3 is 2.32 bits per heavy atom. The van der Waals surface area contributed by atoms with Gasteiger partial charge in [-0.2, -0.15) is 5.10 Å². The van der Waals surface area contributed by atoms with Crippen LogP contribution in [-0.4, -0.2) is 14.9 Å². The first-order valence-corrected chi connectivity index (χ1v) is 6.92. The summed E-state index contributed by atoms with van der Waals surface area (Å²) in [5.41, 5.74) is 4.43. The minimum Gasteiger partial charge on any atom is -0.388 e. The molecule has 1 aromatic carbocycles. The lowest BCUT2D eigenvalue weighted by molar-refractivity contribution is 0.177. The lowest BCUT2D eigenvalue weighted by atomic mass is 10.00. The van der Waals surface area contributed by atoms with E-state index in [1.807, 2.05) is 13.2 Å². The van der Waals surface area contributed by atoms with E-state index in [0.717, 1.165) is 29.7 Å². The normalized spacial score (nSPS) is 12.6. The molecule has 1 atom stereocenters. The second kappa shape index (κ2) is 6.02. The Bertz CT molecular complexity index is 528. The van der Waals surface area contributed by atoms with Crippen molar-refractivity contribution < 1.29 is 5.11 Å². The van der Waals surface area contributed by atoms with Crippen molar-refractivity contribution in [1.82, 2.24) is 9.78 Å². The standard InChI is InChI=1S/C16H22N2O/c1-4-12-6-8-13(9-7-12)10-16(19)14-11-18(3)17-15(14)5-2/h6-9,11,16,19H,4-5,10H2,1-3H3. The van der Waals surface area contributed by atoms with E-state index < -0.39 is 6.10 Å². The third kappa shape index (κ3) is 3.24. The molecule has 19 heavy (non-hydrogen) atoms. The molecule has 1 heterocycles. The fourth-order valence-electron chi connectivity index (χ4n) is 2.35. The molecule has 0 fully saturated rings. The Morgan fingerprint density at radius 2 is 1.74 bits per heavy atom. The Morgan fingerprint density at radius 1 is 1.11 bits per heavy atom. The summed E-state index contributed by atoms with van der Waals surface area (Å²) in [6.45, 7) is 4.21. The molecule has 3 heteroatoms. The van der Waals surface area contributed by atoms with E-state index in [1.54, 1.807) is 4.68 Å². The number of aliphatic hydroxyl groups excluding tert-OH is 1. The van der Waals surface area contributed by atoms with E-state index in [9.17, 15) is 5.11 Å². The third-order valence-electron chi connectivity index (χ3n) is 3.49. The fourth-order valence-corrected chi connectivity index (χ4v) is 2.35. The van der Waals surface area contributed by atoms with Crippen LogP contribution >= 0.6 is 0 Å². The molecular weight excluding hydrogens is 236 g/mol. The Labute approximate surface area is 114 Å². The van der Waals surface area contributed by atoms with Gasteiger partial charge >= 0.3 is 0 Å². The van der Waals surface area contributed by atoms with Gasteiger partial charge in [0.15, 0.2) is 0 Å². The van der Waals surface area contributed by atoms with Crippen LogP contribution in [0.1, 0.15) is 42.3 Å². The third-order valence-corrected chi connectivity index (χ3v) is 3.49. The monoisotopic (exact) mass is 258 g/mol. The maximum Gasteiger partial charge on any atom is 0.0863 e. The summed E-state index contributed by atoms with van der Waals surface area (Å²) in [6.07, 6.45) is 3.98. The van der Waals surface area contributed by atoms with E-state index in [1.165, 1.54) is 5.56 Å². The van der Waals surface area contributed by atoms with Crippen LogP contribution in [0.4, 0.5) is 0 Å². The number of hydrogen-bond donors (Lipinski definition) is 1. The second-order valence-electron chi connectivity index (χ2n) is 4.95. The van der Waals surface area contributed by atoms with E-state index in [0.29, 0.717) is 6.42 Å². The SMILES string of the molecule is CCc1ccc(CC(O)c2cn(C)nc2CC)cc1. The lowest BCUT2D eigenvalue weighted by Gasteiger charge is -2.10. The first-order chi connectivity index (χ1) is 9.13. The van der Waals surface area contributed by atoms with Crippen LogP contribution in [0.5, 0.6) is 0 Å². The maximum atomic E-state index is 10.4. The molecule has 0 spiro atoms. The average molecular weight is 258 g/mol. The zero-order valence-electron chi connectivity index (χ0n) is 11.9. The molecule has 0 saturated carbocycles. The highest BCUT2D eigenvalue weighted by Crippen LogP contribution is 2.21. The zero-order valence-corrected chi connectivity index (χ0v) is 11.9. The molecule has 0 aliphatic heterocycles. The Kier molecular flexibility index (Phi) is 4.38. The van der Waals surface area contributed by atoms with Crippen LogP contribution in [0.2, 0.25) is 0 Å². The van der Waals surface area contributed by atoms with Crippen LogP contribution < -0.4 is 0 Å². The van der Waals surface area contributed by atoms with Crippen LogP contribution in [0.25, 0.3) is 0 Å². The largest absolute Gasteiger partial charge is 0.388 e. The summed E-state index contributed by atoms with van der Waals surface area (Å²) in [6, 6.07) is 8.46. The van der Waals surface area contributed by atoms with Crippen molar-refractivity contribution >= 4 is 0 Å². The predicted octanol–water partition coefficient (Wildman–Crippen LogP) is 2.82. The quantitative estimate of drug-likeness (QED) is 0.895. The van der Waals surface area contributed by atoms with Gasteiger partial charge in [0, 0.05) is 25.2 Å². The molecule has 1 aromatic heterocycles. The van der Waals surface area contributed by atoms with Gasteiger partial charge in [-0.05, 0) is 24.0 Å². The molecule has 0 radical (unpaired) electrons. The zero-order chi connectivity index (χ0) is 13.8. The van der Waals surface area contributed by atoms with E-state index in [4.69, 9.17) is 0 Å². The van der Waals surface area contributed by atoms with Gasteiger partial charge in [0.1, 0.15) is 0 Å². The molecule has 0 saturated heterocycles. The van der Waals surface area contributed by atoms with Crippen LogP contribution in [0.15, 0.2) is 30.5 Å². The Hall–Kier alpha value is -1.61. The number of aliphatic hydroxyl groups is 1. The topological polar surface area (TPSA) is 38.0 Å². The smallest absolute Gasteiger partial charge is 0.0863 e. The van der Waals surface area contributed by atoms with Crippen molar-refractivity contribution in [2.75, 3.05) is 0 Å². The molecular formula is C16H22N2O. The van der Waals surface area contributed by atoms with Crippen molar-refractivity contribution in [2.24, 2.45) is 7.05 Å². The summed E-state index contributed by atoms with van der Waals surface area (Å²) in [5, 5.41) is 14.7. The lowest BCUT2D eigenvalue weighted by Crippen LogP contribution is -2.03. The number of aromatic nitrogens is 2. The summed E-state index contributed by atoms with van der Waals surface area (Å²) < 4.78 is 1.78. The van der Waals surface area contributed by atoms with Crippen LogP contribution in [0.3, 0.4) is 0 Å². The molecule has 0 aliphatic carbocycles. The van der Waals surface area contributed by atoms with Crippen molar-refractivity contribution in [2.45, 2.75) is 39.2 Å². The fraction of sp³-hybridized carbons (Fsp3) is 0.438. The predicted molar refractivity (Wildman–Crippen MR) is 77.1 cm³/mol. The van der Waals surface area contributed by atoms with Crippen LogP contribution in [-0.2, 0) is 26.3 Å². The number of nitrogens with zero attached hydrogens (tertiary/aromatic N) is 2. The molecule has 0 amide bonds. The number of hydrogen-bond acceptors (Lipinski definition) is 2. The van der Waals surface area contributed by atoms with Gasteiger partial charge in [0.25, 0.3) is 0 Å². The first-order valence-electron chi connectivity index (χ1n) is 6.92. The highest BCUT2D eigenvalue weighted by molar-refractivity contribution is 5.26. The molecule has 1 N–H and O–H groups in total. The van der Waals surface area contributed by atoms with E-state index >= 15 is 0 Å². The van der Waals surface area contributed by atoms with Crippen LogP contribution in [0, 0.1) is 0 Å². The van der Waals surface area contributed by atoms with Gasteiger partial charge in [-0.25, -0.2) is 0 Å². The van der Waals surface area contributed by atoms with Crippen molar-refractivity contribution in [1.29, 1.82) is 0 Å². The molecule has 0 aliphatic rings. The van der Waals surface area contributed by atoms with E-state index in [-0.39, 0.29) is 0 Å². The molecule has 2 rings (SSSR count). The van der Waals surface area contributed by atoms with Gasteiger partial charge in [0.05, 0.1) is 11.8 Å². The van der Waals surface area contributed by atoms with Gasteiger partial charge in [0.2, 0.25) is 0 Å². The minimum atomic E-state index is -0.476. The van der Waals surface area contributed by atoms with Crippen molar-refractivity contribution in [3.05, 3.63) is 52.8 Å². The van der Waals surface area contributed by atoms with Gasteiger partial charge in [-0.15, -0.1) is 0 Å². The highest BCUT2D eigenvalue weighted by atomic mass is 16.3. The minimum absolute atomic E-state index is 0.476. The number of benzene rings is 1. The number of aryl methyl sites for hydroxylation is 3. The molecule has 102 valence electrons. The first kappa shape index (κ1) is 13.8. The maximum absolute atomic E-state index is 10.4. The average Bonchev–Trinajstić information content (AvgIpc) is 2.81. The molecule has 2 aromatic rings. The van der Waals surface area contributed by atoms with Gasteiger partial charge in [-0.3, -0.25) is 4.68 Å². The summed E-state index contributed by atoms with van der Waals surface area (Å²) >= 11 is 0. The van der Waals surface area contributed by atoms with Gasteiger partial charge < -0.3 is 5.11 Å². The summed E-state index contributed by atoms with van der Waals surface area (Å²) in [5.74, 6) is 0. The summed E-state index contributed by atoms with van der Waals surface area (Å²) in [7, 11) is 1.89. The second-order valence-corrected chi connectivity index (χ2v) is 4.95. The van der Waals surface area contributed by atoms with Crippen molar-refractivity contribution in [3.8, 4) is 0 Å². The van der Waals surface area contributed by atoms with Crippen molar-refractivity contribution in [3.63, 3.8) is 0 Å². The summed E-state index contributed by atoms with van der Waals surface area (Å²) in [4.78, 5) is 0. The number of rotatable bonds is 5. The molecule has 1 unspecified atom stereocenters. The molecule has 3 nitrogen and oxygen atoms in total.